The number of aryl methyl sites for hydroxylation is 1. The second kappa shape index (κ2) is 3.93. The van der Waals surface area contributed by atoms with E-state index in [1.165, 1.54) is 0 Å². The van der Waals surface area contributed by atoms with Gasteiger partial charge < -0.3 is 13.7 Å². The maximum Gasteiger partial charge on any atom is 0.614 e. The quantitative estimate of drug-likeness (QED) is 0.538. The van der Waals surface area contributed by atoms with Crippen molar-refractivity contribution in [2.45, 2.75) is 6.92 Å². The molecule has 0 saturated carbocycles. The van der Waals surface area contributed by atoms with Crippen LogP contribution in [-0.4, -0.2) is 49.4 Å². The maximum absolute atomic E-state index is 11.7. The van der Waals surface area contributed by atoms with Gasteiger partial charge in [0.25, 0.3) is 0 Å². The molecule has 0 aliphatic carbocycles. The van der Waals surface area contributed by atoms with Crippen LogP contribution in [0.4, 0.5) is 0 Å². The van der Waals surface area contributed by atoms with Gasteiger partial charge in [-0.05, 0) is 12.4 Å². The highest BCUT2D eigenvalue weighted by Crippen LogP contribution is 2.34. The standard InChI is InChI=1S/C13H14BNO5/c1-9-5-10(8-16)3-4-11(9)14-15(2,6-12(17)19-14)7-13(18)20-14/h3-5,8H,6-7H2,1-2H3. The monoisotopic (exact) mass is 275 g/mol. The molecular weight excluding hydrogens is 261 g/mol. The molecule has 2 aliphatic heterocycles. The Labute approximate surface area is 115 Å². The summed E-state index contributed by atoms with van der Waals surface area (Å²) in [6.07, 6.45) is 0.747. The number of aldehydes is 1. The van der Waals surface area contributed by atoms with Gasteiger partial charge in [-0.25, -0.2) is 0 Å². The highest BCUT2D eigenvalue weighted by atomic mass is 16.7. The zero-order valence-electron chi connectivity index (χ0n) is 11.3. The first-order valence-corrected chi connectivity index (χ1v) is 6.38. The third-order valence-electron chi connectivity index (χ3n) is 4.21. The van der Waals surface area contributed by atoms with Gasteiger partial charge in [0, 0.05) is 12.6 Å². The molecule has 0 aromatic heterocycles. The lowest BCUT2D eigenvalue weighted by molar-refractivity contribution is -0.791. The minimum Gasteiger partial charge on any atom is -0.596 e. The van der Waals surface area contributed by atoms with Crippen molar-refractivity contribution in [2.24, 2.45) is 0 Å². The first-order valence-electron chi connectivity index (χ1n) is 6.38. The number of fused-ring (bicyclic) bond motifs is 1. The van der Waals surface area contributed by atoms with E-state index < -0.39 is 6.69 Å². The van der Waals surface area contributed by atoms with E-state index in [1.54, 1.807) is 25.2 Å². The maximum atomic E-state index is 11.7. The molecule has 0 unspecified atom stereocenters. The van der Waals surface area contributed by atoms with Gasteiger partial charge in [0.2, 0.25) is 0 Å². The molecule has 1 aromatic carbocycles. The summed E-state index contributed by atoms with van der Waals surface area (Å²) in [7, 11) is 1.78. The van der Waals surface area contributed by atoms with Crippen molar-refractivity contribution in [1.29, 1.82) is 0 Å². The van der Waals surface area contributed by atoms with E-state index in [1.807, 2.05) is 6.92 Å². The van der Waals surface area contributed by atoms with E-state index in [-0.39, 0.29) is 29.4 Å². The van der Waals surface area contributed by atoms with Crippen molar-refractivity contribution in [3.8, 4) is 0 Å². The molecule has 2 fully saturated rings. The number of hydrogen-bond acceptors (Lipinski definition) is 5. The number of rotatable bonds is 2. The molecule has 0 atom stereocenters. The number of quaternary nitrogens is 1. The predicted molar refractivity (Wildman–Crippen MR) is 70.1 cm³/mol. The summed E-state index contributed by atoms with van der Waals surface area (Å²) >= 11 is 0. The molecule has 2 heterocycles. The second-order valence-corrected chi connectivity index (χ2v) is 5.68. The van der Waals surface area contributed by atoms with Gasteiger partial charge in [-0.15, -0.1) is 0 Å². The zero-order valence-corrected chi connectivity index (χ0v) is 11.3. The fraction of sp³-hybridized carbons (Fsp3) is 0.308. The Morgan fingerprint density at radius 2 is 1.80 bits per heavy atom. The molecule has 0 spiro atoms. The first kappa shape index (κ1) is 12.9. The molecular formula is C13H14BNO5. The number of likely N-dealkylation sites (N-methyl/N-ethyl adjacent to an activating group) is 1. The van der Waals surface area contributed by atoms with Gasteiger partial charge in [0.05, 0.1) is 0 Å². The molecule has 0 N–H and O–H groups in total. The summed E-state index contributed by atoms with van der Waals surface area (Å²) in [5.74, 6) is -0.752. The predicted octanol–water partition coefficient (Wildman–Crippen LogP) is -0.486. The topological polar surface area (TPSA) is 69.7 Å². The molecule has 1 aromatic rings. The van der Waals surface area contributed by atoms with E-state index in [0.717, 1.165) is 11.8 Å². The summed E-state index contributed by atoms with van der Waals surface area (Å²) in [5.41, 5.74) is 1.96. The van der Waals surface area contributed by atoms with Crippen LogP contribution in [0, 0.1) is 6.92 Å². The molecule has 0 amide bonds. The van der Waals surface area contributed by atoms with Crippen molar-refractivity contribution in [1.82, 2.24) is 0 Å². The minimum absolute atomic E-state index is 0.110. The van der Waals surface area contributed by atoms with Crippen LogP contribution < -0.4 is 5.46 Å². The molecule has 0 bridgehead atoms. The number of hydrogen-bond donors (Lipinski definition) is 0. The number of carbonyl (C=O) groups is 3. The molecule has 0 radical (unpaired) electrons. The third-order valence-corrected chi connectivity index (χ3v) is 4.21. The molecule has 2 saturated heterocycles. The Bertz CT molecular complexity index is 622. The van der Waals surface area contributed by atoms with Gasteiger partial charge in [-0.3, -0.25) is 14.4 Å². The van der Waals surface area contributed by atoms with Crippen LogP contribution >= 0.6 is 0 Å². The van der Waals surface area contributed by atoms with Crippen LogP contribution in [0.15, 0.2) is 18.2 Å². The average Bonchev–Trinajstić information content (AvgIpc) is 2.72. The highest BCUT2D eigenvalue weighted by molar-refractivity contribution is 6.79. The molecule has 20 heavy (non-hydrogen) atoms. The molecule has 6 nitrogen and oxygen atoms in total. The van der Waals surface area contributed by atoms with E-state index in [9.17, 15) is 14.4 Å². The molecule has 7 heteroatoms. The third kappa shape index (κ3) is 1.53. The largest absolute Gasteiger partial charge is 0.614 e. The smallest absolute Gasteiger partial charge is 0.596 e. The van der Waals surface area contributed by atoms with Crippen LogP contribution in [0.3, 0.4) is 0 Å². The Kier molecular flexibility index (Phi) is 2.53. The van der Waals surface area contributed by atoms with Crippen molar-refractivity contribution in [3.05, 3.63) is 29.3 Å². The van der Waals surface area contributed by atoms with Gasteiger partial charge in [-0.1, -0.05) is 23.8 Å². The summed E-state index contributed by atoms with van der Waals surface area (Å²) in [4.78, 5) is 34.2. The van der Waals surface area contributed by atoms with Crippen molar-refractivity contribution >= 4 is 30.4 Å². The summed E-state index contributed by atoms with van der Waals surface area (Å²) < 4.78 is 11.0. The Morgan fingerprint density at radius 3 is 2.30 bits per heavy atom. The van der Waals surface area contributed by atoms with Crippen LogP contribution in [-0.2, 0) is 18.9 Å². The lowest BCUT2D eigenvalue weighted by atomic mass is 9.59. The molecule has 3 rings (SSSR count). The van der Waals surface area contributed by atoms with Crippen molar-refractivity contribution in [3.63, 3.8) is 0 Å². The Balaban J connectivity index is 2.18. The second-order valence-electron chi connectivity index (χ2n) is 5.68. The molecule has 2 aliphatic rings. The van der Waals surface area contributed by atoms with Gasteiger partial charge in [0.15, 0.2) is 0 Å². The van der Waals surface area contributed by atoms with Gasteiger partial charge in [-0.2, -0.15) is 0 Å². The number of carbonyl (C=O) groups excluding carboxylic acids is 3. The lowest BCUT2D eigenvalue weighted by Gasteiger charge is -2.40. The van der Waals surface area contributed by atoms with Crippen molar-refractivity contribution in [2.75, 3.05) is 20.1 Å². The lowest BCUT2D eigenvalue weighted by Crippen LogP contribution is -2.68. The summed E-state index contributed by atoms with van der Waals surface area (Å²) in [6.45, 7) is -0.181. The van der Waals surface area contributed by atoms with E-state index in [2.05, 4.69) is 0 Å². The summed E-state index contributed by atoms with van der Waals surface area (Å²) in [5, 5.41) is 0. The summed E-state index contributed by atoms with van der Waals surface area (Å²) in [6, 6.07) is 5.03. The Morgan fingerprint density at radius 1 is 1.20 bits per heavy atom. The van der Waals surface area contributed by atoms with E-state index in [4.69, 9.17) is 9.31 Å². The zero-order chi connectivity index (χ0) is 14.5. The van der Waals surface area contributed by atoms with E-state index >= 15 is 0 Å². The molecule has 104 valence electrons. The minimum atomic E-state index is -2.21. The Hall–Kier alpha value is -2.15. The first-order chi connectivity index (χ1) is 9.40. The fourth-order valence-corrected chi connectivity index (χ4v) is 3.24. The van der Waals surface area contributed by atoms with Crippen LogP contribution in [0.25, 0.3) is 0 Å². The van der Waals surface area contributed by atoms with Crippen LogP contribution in [0.5, 0.6) is 0 Å². The van der Waals surface area contributed by atoms with Gasteiger partial charge >= 0.3 is 18.6 Å². The van der Waals surface area contributed by atoms with Gasteiger partial charge in [0.1, 0.15) is 19.4 Å². The average molecular weight is 275 g/mol. The highest BCUT2D eigenvalue weighted by Gasteiger charge is 2.66. The number of benzene rings is 1. The normalized spacial score (nSPS) is 31.7. The van der Waals surface area contributed by atoms with E-state index in [0.29, 0.717) is 11.0 Å². The van der Waals surface area contributed by atoms with Crippen LogP contribution in [0.2, 0.25) is 0 Å². The van der Waals surface area contributed by atoms with Crippen molar-refractivity contribution < 1.29 is 28.1 Å². The fourth-order valence-electron chi connectivity index (χ4n) is 3.24. The van der Waals surface area contributed by atoms with Crippen LogP contribution in [0.1, 0.15) is 15.9 Å². The number of nitrogens with zero attached hydrogens (tertiary/aromatic N) is 1. The SMILES string of the molecule is Cc1cc(C=O)ccc1[B-]12OC(=O)C[N+]1(C)CC(=O)O2.